The van der Waals surface area contributed by atoms with E-state index in [2.05, 4.69) is 15.9 Å². The highest BCUT2D eigenvalue weighted by Gasteiger charge is 2.22. The topological polar surface area (TPSA) is 83.6 Å². The number of rotatable bonds is 4. The van der Waals surface area contributed by atoms with Crippen LogP contribution in [0.2, 0.25) is 0 Å². The van der Waals surface area contributed by atoms with Gasteiger partial charge >= 0.3 is 5.97 Å². The molecule has 0 aliphatic heterocycles. The summed E-state index contributed by atoms with van der Waals surface area (Å²) in [7, 11) is 0. The van der Waals surface area contributed by atoms with E-state index in [4.69, 9.17) is 10.8 Å². The Morgan fingerprint density at radius 2 is 2.06 bits per heavy atom. The highest BCUT2D eigenvalue weighted by atomic mass is 79.9. The molecule has 1 aromatic rings. The standard InChI is InChI=1S/C12H16BrNO3/c1-6(2)5-9(14)10-7(12(16)17)3-4-8(13)11(10)15/h3-4,6,9,15H,5,14H2,1-2H3,(H,16,17)/t9-/m1/s1. The van der Waals surface area contributed by atoms with Gasteiger partial charge in [-0.1, -0.05) is 13.8 Å². The quantitative estimate of drug-likeness (QED) is 0.798. The Balaban J connectivity index is 3.27. The summed E-state index contributed by atoms with van der Waals surface area (Å²) in [6.45, 7) is 3.99. The van der Waals surface area contributed by atoms with Crippen LogP contribution < -0.4 is 5.73 Å². The molecule has 94 valence electrons. The minimum atomic E-state index is -1.08. The van der Waals surface area contributed by atoms with Gasteiger partial charge in [0.2, 0.25) is 0 Å². The van der Waals surface area contributed by atoms with Crippen molar-refractivity contribution in [1.82, 2.24) is 0 Å². The molecule has 1 atom stereocenters. The monoisotopic (exact) mass is 301 g/mol. The highest BCUT2D eigenvalue weighted by molar-refractivity contribution is 9.10. The zero-order valence-electron chi connectivity index (χ0n) is 9.77. The molecule has 0 saturated heterocycles. The number of nitrogens with two attached hydrogens (primary N) is 1. The van der Waals surface area contributed by atoms with Crippen LogP contribution in [0.5, 0.6) is 5.75 Å². The average molecular weight is 302 g/mol. The van der Waals surface area contributed by atoms with Crippen LogP contribution in [-0.4, -0.2) is 16.2 Å². The van der Waals surface area contributed by atoms with Crippen molar-refractivity contribution >= 4 is 21.9 Å². The Morgan fingerprint density at radius 1 is 1.47 bits per heavy atom. The van der Waals surface area contributed by atoms with E-state index in [1.54, 1.807) is 0 Å². The molecule has 0 radical (unpaired) electrons. The van der Waals surface area contributed by atoms with Crippen LogP contribution in [-0.2, 0) is 0 Å². The van der Waals surface area contributed by atoms with Crippen molar-refractivity contribution in [3.05, 3.63) is 27.7 Å². The summed E-state index contributed by atoms with van der Waals surface area (Å²) in [6.07, 6.45) is 0.615. The molecule has 0 bridgehead atoms. The first-order chi connectivity index (χ1) is 7.84. The van der Waals surface area contributed by atoms with Crippen LogP contribution in [0.15, 0.2) is 16.6 Å². The van der Waals surface area contributed by atoms with Crippen LogP contribution in [0, 0.1) is 5.92 Å². The molecule has 1 aromatic carbocycles. The second-order valence-corrected chi connectivity index (χ2v) is 5.25. The van der Waals surface area contributed by atoms with Crippen LogP contribution in [0.4, 0.5) is 0 Å². The number of halogens is 1. The predicted octanol–water partition coefficient (Wildman–Crippen LogP) is 2.90. The Kier molecular flexibility index (Phi) is 4.54. The van der Waals surface area contributed by atoms with Gasteiger partial charge in [0.15, 0.2) is 0 Å². The Bertz CT molecular complexity index is 432. The molecular weight excluding hydrogens is 286 g/mol. The maximum atomic E-state index is 11.1. The Hall–Kier alpha value is -1.07. The summed E-state index contributed by atoms with van der Waals surface area (Å²) in [6, 6.07) is 2.46. The maximum absolute atomic E-state index is 11.1. The fourth-order valence-corrected chi connectivity index (χ4v) is 2.11. The third kappa shape index (κ3) is 3.20. The molecule has 0 aliphatic carbocycles. The van der Waals surface area contributed by atoms with Crippen molar-refractivity contribution in [1.29, 1.82) is 0 Å². The second kappa shape index (κ2) is 5.51. The molecule has 0 saturated carbocycles. The van der Waals surface area contributed by atoms with Gasteiger partial charge < -0.3 is 15.9 Å². The zero-order valence-corrected chi connectivity index (χ0v) is 11.4. The molecule has 17 heavy (non-hydrogen) atoms. The SMILES string of the molecule is CC(C)C[C@@H](N)c1c(C(=O)O)ccc(Br)c1O. The van der Waals surface area contributed by atoms with Gasteiger partial charge in [0.1, 0.15) is 5.75 Å². The third-order valence-electron chi connectivity index (χ3n) is 2.49. The van der Waals surface area contributed by atoms with Crippen LogP contribution in [0.25, 0.3) is 0 Å². The van der Waals surface area contributed by atoms with E-state index in [9.17, 15) is 9.90 Å². The normalized spacial score (nSPS) is 12.8. The number of hydrogen-bond donors (Lipinski definition) is 3. The van der Waals surface area contributed by atoms with E-state index in [-0.39, 0.29) is 11.3 Å². The third-order valence-corrected chi connectivity index (χ3v) is 3.13. The van der Waals surface area contributed by atoms with Crippen molar-refractivity contribution in [3.8, 4) is 5.75 Å². The van der Waals surface area contributed by atoms with Gasteiger partial charge in [0, 0.05) is 11.6 Å². The lowest BCUT2D eigenvalue weighted by molar-refractivity contribution is 0.0694. The molecule has 0 aromatic heterocycles. The van der Waals surface area contributed by atoms with Crippen LogP contribution in [0.1, 0.15) is 42.2 Å². The lowest BCUT2D eigenvalue weighted by Gasteiger charge is -2.18. The first-order valence-electron chi connectivity index (χ1n) is 5.34. The number of carboxylic acid groups (broad SMARTS) is 1. The van der Waals surface area contributed by atoms with Gasteiger partial charge in [-0.25, -0.2) is 4.79 Å². The number of phenolic OH excluding ortho intramolecular Hbond substituents is 1. The molecule has 1 rings (SSSR count). The molecule has 0 amide bonds. The van der Waals surface area contributed by atoms with Crippen molar-refractivity contribution in [2.75, 3.05) is 0 Å². The average Bonchev–Trinajstić information content (AvgIpc) is 2.20. The minimum Gasteiger partial charge on any atom is -0.506 e. The van der Waals surface area contributed by atoms with Crippen molar-refractivity contribution < 1.29 is 15.0 Å². The number of aromatic hydroxyl groups is 1. The summed E-state index contributed by atoms with van der Waals surface area (Å²) in [4.78, 5) is 11.1. The molecule has 4 nitrogen and oxygen atoms in total. The summed E-state index contributed by atoms with van der Waals surface area (Å²) in [5, 5.41) is 19.0. The van der Waals surface area contributed by atoms with Gasteiger partial charge in [-0.2, -0.15) is 0 Å². The van der Waals surface area contributed by atoms with Gasteiger partial charge in [0.25, 0.3) is 0 Å². The van der Waals surface area contributed by atoms with E-state index < -0.39 is 12.0 Å². The van der Waals surface area contributed by atoms with E-state index in [0.717, 1.165) is 0 Å². The molecule has 5 heteroatoms. The van der Waals surface area contributed by atoms with Crippen LogP contribution >= 0.6 is 15.9 Å². The van der Waals surface area contributed by atoms with Gasteiger partial charge in [-0.3, -0.25) is 0 Å². The Labute approximate surface area is 109 Å². The number of phenols is 1. The number of carbonyl (C=O) groups is 1. The minimum absolute atomic E-state index is 0.0545. The van der Waals surface area contributed by atoms with Gasteiger partial charge in [0.05, 0.1) is 10.0 Å². The number of carboxylic acids is 1. The van der Waals surface area contributed by atoms with Gasteiger partial charge in [-0.05, 0) is 40.4 Å². The molecule has 0 aliphatic rings. The van der Waals surface area contributed by atoms with Gasteiger partial charge in [-0.15, -0.1) is 0 Å². The van der Waals surface area contributed by atoms with E-state index >= 15 is 0 Å². The number of benzene rings is 1. The predicted molar refractivity (Wildman–Crippen MR) is 69.1 cm³/mol. The molecule has 4 N–H and O–H groups in total. The zero-order chi connectivity index (χ0) is 13.2. The fraction of sp³-hybridized carbons (Fsp3) is 0.417. The first-order valence-corrected chi connectivity index (χ1v) is 6.14. The lowest BCUT2D eigenvalue weighted by atomic mass is 9.93. The molecule has 0 fully saturated rings. The number of hydrogen-bond acceptors (Lipinski definition) is 3. The second-order valence-electron chi connectivity index (χ2n) is 4.40. The van der Waals surface area contributed by atoms with Crippen molar-refractivity contribution in [3.63, 3.8) is 0 Å². The smallest absolute Gasteiger partial charge is 0.336 e. The summed E-state index contributed by atoms with van der Waals surface area (Å²) < 4.78 is 0.455. The fourth-order valence-electron chi connectivity index (χ4n) is 1.77. The molecular formula is C12H16BrNO3. The highest BCUT2D eigenvalue weighted by Crippen LogP contribution is 2.36. The largest absolute Gasteiger partial charge is 0.506 e. The summed E-state index contributed by atoms with van der Waals surface area (Å²) in [5.74, 6) is -0.843. The Morgan fingerprint density at radius 3 is 2.53 bits per heavy atom. The van der Waals surface area contributed by atoms with E-state index in [0.29, 0.717) is 22.4 Å². The number of aromatic carboxylic acids is 1. The van der Waals surface area contributed by atoms with E-state index in [1.165, 1.54) is 12.1 Å². The molecule has 0 spiro atoms. The van der Waals surface area contributed by atoms with E-state index in [1.807, 2.05) is 13.8 Å². The first kappa shape index (κ1) is 14.0. The molecule has 0 heterocycles. The lowest BCUT2D eigenvalue weighted by Crippen LogP contribution is -2.17. The summed E-state index contributed by atoms with van der Waals surface area (Å²) >= 11 is 3.17. The van der Waals surface area contributed by atoms with Crippen molar-refractivity contribution in [2.45, 2.75) is 26.3 Å². The van der Waals surface area contributed by atoms with Crippen LogP contribution in [0.3, 0.4) is 0 Å². The summed E-state index contributed by atoms with van der Waals surface area (Å²) in [5.41, 5.74) is 6.31. The molecule has 0 unspecified atom stereocenters. The maximum Gasteiger partial charge on any atom is 0.336 e. The van der Waals surface area contributed by atoms with Crippen molar-refractivity contribution in [2.24, 2.45) is 11.7 Å².